The lowest BCUT2D eigenvalue weighted by Gasteiger charge is -2.46. The second-order valence-corrected chi connectivity index (χ2v) is 24.3. The van der Waals surface area contributed by atoms with Crippen molar-refractivity contribution in [2.24, 2.45) is 0 Å². The number of rotatable bonds is 56. The van der Waals surface area contributed by atoms with Gasteiger partial charge in [0.1, 0.15) is 48.8 Å². The van der Waals surface area contributed by atoms with E-state index in [1.807, 2.05) is 6.08 Å². The van der Waals surface area contributed by atoms with Gasteiger partial charge in [0.15, 0.2) is 12.6 Å². The molecule has 14 heteroatoms. The molecular formula is C77H127NO13. The van der Waals surface area contributed by atoms with Gasteiger partial charge >= 0.3 is 0 Å². The van der Waals surface area contributed by atoms with Gasteiger partial charge in [-0.15, -0.1) is 0 Å². The summed E-state index contributed by atoms with van der Waals surface area (Å²) in [6, 6.07) is -0.952. The summed E-state index contributed by atoms with van der Waals surface area (Å²) in [7, 11) is 0. The Morgan fingerprint density at radius 2 is 0.769 bits per heavy atom. The van der Waals surface area contributed by atoms with Crippen molar-refractivity contribution in [1.29, 1.82) is 0 Å². The van der Waals surface area contributed by atoms with Crippen LogP contribution in [0, 0.1) is 0 Å². The predicted octanol–water partition coefficient (Wildman–Crippen LogP) is 14.8. The number of carbonyl (C=O) groups is 1. The summed E-state index contributed by atoms with van der Waals surface area (Å²) in [5.41, 5.74) is 0. The van der Waals surface area contributed by atoms with E-state index in [4.69, 9.17) is 18.9 Å². The van der Waals surface area contributed by atoms with Crippen LogP contribution in [0.15, 0.2) is 146 Å². The molecule has 91 heavy (non-hydrogen) atoms. The normalized spacial score (nSPS) is 23.7. The van der Waals surface area contributed by atoms with Gasteiger partial charge in [0.2, 0.25) is 5.91 Å². The van der Waals surface area contributed by atoms with Gasteiger partial charge in [0.05, 0.1) is 32.0 Å². The first kappa shape index (κ1) is 83.0. The topological polar surface area (TPSA) is 228 Å². The van der Waals surface area contributed by atoms with Crippen molar-refractivity contribution < 1.29 is 64.6 Å². The molecule has 0 aromatic carbocycles. The number of unbranched alkanes of at least 4 members (excludes halogenated alkanes) is 21. The molecule has 0 saturated carbocycles. The number of nitrogens with one attached hydrogen (secondary N) is 1. The molecule has 0 aromatic heterocycles. The van der Waals surface area contributed by atoms with Crippen LogP contribution < -0.4 is 5.32 Å². The lowest BCUT2D eigenvalue weighted by atomic mass is 9.97. The fourth-order valence-electron chi connectivity index (χ4n) is 10.6. The minimum Gasteiger partial charge on any atom is -0.394 e. The van der Waals surface area contributed by atoms with Crippen molar-refractivity contribution >= 4 is 5.91 Å². The maximum absolute atomic E-state index is 13.3. The van der Waals surface area contributed by atoms with E-state index in [2.05, 4.69) is 153 Å². The van der Waals surface area contributed by atoms with Gasteiger partial charge in [-0.05, 0) is 109 Å². The van der Waals surface area contributed by atoms with Gasteiger partial charge in [-0.3, -0.25) is 4.79 Å². The second-order valence-electron chi connectivity index (χ2n) is 24.3. The number of ether oxygens (including phenoxy) is 4. The minimum atomic E-state index is -1.80. The standard InChI is InChI=1S/C77H127NO13/c1-3-5-7-9-11-13-15-17-19-21-23-25-26-27-28-29-30-31-32-33-34-35-36-37-38-39-40-41-43-45-47-49-51-53-55-57-59-61-69(82)78-65(66(81)60-58-56-54-52-50-48-46-44-42-24-22-20-18-16-14-12-10-8-6-4-2)64-88-76-74(87)72(85)75(68(63-80)90-76)91-77-73(86)71(84)70(83)67(62-79)89-77/h5,7,11,13,17,19,23,25,27-28,30-31,33-34,36-37,39-40,43,45,50,52,58,60,65-68,70-77,79-81,83-87H,3-4,6,8-10,12,14-16,18,20-22,24,26,29,32,35,38,41-42,44,46-49,51,53-57,59,61-64H2,1-2H3,(H,78,82)/b7-5-,13-11-,19-17-,25-23-,28-27-,31-30-,34-33-,37-36-,40-39-,45-43-,52-50+,60-58+. The maximum atomic E-state index is 13.3. The molecule has 2 rings (SSSR count). The highest BCUT2D eigenvalue weighted by molar-refractivity contribution is 5.76. The number of aliphatic hydroxyl groups excluding tert-OH is 8. The Bertz CT molecular complexity index is 2090. The van der Waals surface area contributed by atoms with Crippen molar-refractivity contribution in [2.75, 3.05) is 19.8 Å². The predicted molar refractivity (Wildman–Crippen MR) is 373 cm³/mol. The van der Waals surface area contributed by atoms with Crippen LogP contribution in [0.5, 0.6) is 0 Å². The van der Waals surface area contributed by atoms with E-state index in [1.54, 1.807) is 6.08 Å². The summed E-state index contributed by atoms with van der Waals surface area (Å²) in [5.74, 6) is -0.269. The number of carbonyl (C=O) groups excluding carboxylic acids is 1. The molecule has 518 valence electrons. The van der Waals surface area contributed by atoms with Gasteiger partial charge in [0.25, 0.3) is 0 Å². The zero-order chi connectivity index (χ0) is 65.9. The third-order valence-electron chi connectivity index (χ3n) is 16.3. The Hall–Kier alpha value is -4.13. The smallest absolute Gasteiger partial charge is 0.220 e. The van der Waals surface area contributed by atoms with E-state index < -0.39 is 86.8 Å². The van der Waals surface area contributed by atoms with E-state index >= 15 is 0 Å². The van der Waals surface area contributed by atoms with Crippen molar-refractivity contribution in [3.63, 3.8) is 0 Å². The highest BCUT2D eigenvalue weighted by Crippen LogP contribution is 2.30. The number of allylic oxidation sites excluding steroid dienone is 23. The number of hydrogen-bond donors (Lipinski definition) is 9. The Labute approximate surface area is 551 Å². The molecule has 0 bridgehead atoms. The van der Waals surface area contributed by atoms with E-state index in [9.17, 15) is 45.6 Å². The summed E-state index contributed by atoms with van der Waals surface area (Å²) in [5, 5.41) is 87.4. The minimum absolute atomic E-state index is 0.247. The van der Waals surface area contributed by atoms with Gasteiger partial charge in [-0.1, -0.05) is 269 Å². The average molecular weight is 1270 g/mol. The fourth-order valence-corrected chi connectivity index (χ4v) is 10.6. The summed E-state index contributed by atoms with van der Waals surface area (Å²) in [6.45, 7) is 2.66. The van der Waals surface area contributed by atoms with Crippen LogP contribution in [-0.4, -0.2) is 140 Å². The van der Waals surface area contributed by atoms with Gasteiger partial charge < -0.3 is 65.1 Å². The Morgan fingerprint density at radius 1 is 0.407 bits per heavy atom. The molecule has 2 fully saturated rings. The molecule has 12 unspecified atom stereocenters. The lowest BCUT2D eigenvalue weighted by Crippen LogP contribution is -2.65. The molecule has 9 N–H and O–H groups in total. The zero-order valence-electron chi connectivity index (χ0n) is 56.3. The molecule has 0 aromatic rings. The van der Waals surface area contributed by atoms with Crippen molar-refractivity contribution in [3.05, 3.63) is 146 Å². The van der Waals surface area contributed by atoms with Crippen LogP contribution in [0.1, 0.15) is 239 Å². The zero-order valence-corrected chi connectivity index (χ0v) is 56.3. The van der Waals surface area contributed by atoms with Gasteiger partial charge in [-0.25, -0.2) is 0 Å². The summed E-state index contributed by atoms with van der Waals surface area (Å²) in [4.78, 5) is 13.3. The molecular weight excluding hydrogens is 1150 g/mol. The summed E-state index contributed by atoms with van der Waals surface area (Å²) in [6.07, 6.45) is 73.2. The van der Waals surface area contributed by atoms with E-state index in [1.165, 1.54) is 89.9 Å². The molecule has 0 spiro atoms. The molecule has 0 aliphatic carbocycles. The van der Waals surface area contributed by atoms with E-state index in [0.29, 0.717) is 12.8 Å². The van der Waals surface area contributed by atoms with Crippen molar-refractivity contribution in [1.82, 2.24) is 5.32 Å². The summed E-state index contributed by atoms with van der Waals surface area (Å²) >= 11 is 0. The molecule has 2 aliphatic heterocycles. The Morgan fingerprint density at radius 3 is 1.21 bits per heavy atom. The highest BCUT2D eigenvalue weighted by Gasteiger charge is 2.51. The largest absolute Gasteiger partial charge is 0.394 e. The average Bonchev–Trinajstić information content (AvgIpc) is 1.04. The lowest BCUT2D eigenvalue weighted by molar-refractivity contribution is -0.359. The quantitative estimate of drug-likeness (QED) is 0.0204. The SMILES string of the molecule is CC/C=C\C/C=C\C/C=C\C/C=C\C/C=C\C/C=C\C/C=C\C/C=C\C/C=C\C/C=C\CCCCCCCCC(=O)NC(COC1OC(CO)C(OC2OC(CO)C(O)C(O)C2O)C(O)C1O)C(O)/C=C/CC/C=C/CCCCCCCCCCCCCCCC. The number of amides is 1. The van der Waals surface area contributed by atoms with Crippen LogP contribution >= 0.6 is 0 Å². The van der Waals surface area contributed by atoms with Gasteiger partial charge in [-0.2, -0.15) is 0 Å². The molecule has 1 amide bonds. The molecule has 2 heterocycles. The molecule has 12 atom stereocenters. The summed E-state index contributed by atoms with van der Waals surface area (Å²) < 4.78 is 22.8. The fraction of sp³-hybridized carbons (Fsp3) is 0.675. The van der Waals surface area contributed by atoms with Crippen LogP contribution in [0.25, 0.3) is 0 Å². The Kier molecular flexibility index (Phi) is 54.3. The van der Waals surface area contributed by atoms with E-state index in [-0.39, 0.29) is 18.9 Å². The molecule has 0 radical (unpaired) electrons. The second kappa shape index (κ2) is 59.6. The number of aliphatic hydroxyl groups is 8. The maximum Gasteiger partial charge on any atom is 0.220 e. The van der Waals surface area contributed by atoms with Crippen LogP contribution in [0.3, 0.4) is 0 Å². The highest BCUT2D eigenvalue weighted by atomic mass is 16.7. The first-order valence-electron chi connectivity index (χ1n) is 35.6. The monoisotopic (exact) mass is 1270 g/mol. The molecule has 14 nitrogen and oxygen atoms in total. The third-order valence-corrected chi connectivity index (χ3v) is 16.3. The van der Waals surface area contributed by atoms with Crippen molar-refractivity contribution in [2.45, 2.75) is 312 Å². The van der Waals surface area contributed by atoms with Crippen LogP contribution in [0.4, 0.5) is 0 Å². The first-order valence-corrected chi connectivity index (χ1v) is 35.6. The first-order chi connectivity index (χ1) is 44.6. The van der Waals surface area contributed by atoms with Crippen LogP contribution in [-0.2, 0) is 23.7 Å². The van der Waals surface area contributed by atoms with Crippen molar-refractivity contribution in [3.8, 4) is 0 Å². The molecule has 2 saturated heterocycles. The third kappa shape index (κ3) is 43.5. The van der Waals surface area contributed by atoms with Crippen LogP contribution in [0.2, 0.25) is 0 Å². The molecule has 2 aliphatic rings. The van der Waals surface area contributed by atoms with E-state index in [0.717, 1.165) is 116 Å². The van der Waals surface area contributed by atoms with Gasteiger partial charge in [0, 0.05) is 6.42 Å². The Balaban J connectivity index is 1.69. The number of hydrogen-bond acceptors (Lipinski definition) is 13.